The van der Waals surface area contributed by atoms with Crippen LogP contribution in [0.25, 0.3) is 0 Å². The van der Waals surface area contributed by atoms with E-state index in [1.165, 1.54) is 21.8 Å². The van der Waals surface area contributed by atoms with Crippen molar-refractivity contribution in [3.63, 3.8) is 0 Å². The van der Waals surface area contributed by atoms with Gasteiger partial charge in [0.05, 0.1) is 0 Å². The summed E-state index contributed by atoms with van der Waals surface area (Å²) < 4.78 is 2.85. The number of aromatic hydroxyl groups is 2. The van der Waals surface area contributed by atoms with Crippen molar-refractivity contribution >= 4 is 34.1 Å². The minimum atomic E-state index is 0.204. The van der Waals surface area contributed by atoms with Gasteiger partial charge in [0.25, 0.3) is 0 Å². The van der Waals surface area contributed by atoms with Gasteiger partial charge in [0, 0.05) is 0 Å². The Bertz CT molecular complexity index is 640. The fraction of sp³-hybridized carbons (Fsp3) is 0.455. The molecular formula is C22H32N2O2Te2. The number of nitrogens with one attached hydrogen (secondary N) is 2. The van der Waals surface area contributed by atoms with E-state index in [-0.39, 0.29) is 46.2 Å². The number of phenols is 2. The number of hydrogen-bond donors (Lipinski definition) is 4. The van der Waals surface area contributed by atoms with Gasteiger partial charge in [-0.1, -0.05) is 0 Å². The zero-order valence-electron chi connectivity index (χ0n) is 16.7. The number of hydrogen-bond acceptors (Lipinski definition) is 4. The van der Waals surface area contributed by atoms with Gasteiger partial charge < -0.3 is 0 Å². The summed E-state index contributed by atoms with van der Waals surface area (Å²) in [6, 6.07) is 15.6. The molecule has 0 bridgehead atoms. The first-order valence-corrected chi connectivity index (χ1v) is 20.5. The maximum absolute atomic E-state index is 9.89. The number of rotatable bonds is 13. The van der Waals surface area contributed by atoms with Gasteiger partial charge in [-0.15, -0.1) is 0 Å². The van der Waals surface area contributed by atoms with Gasteiger partial charge in [-0.2, -0.15) is 0 Å². The molecule has 0 aliphatic heterocycles. The Morgan fingerprint density at radius 1 is 0.714 bits per heavy atom. The SMILES string of the molecule is CC(NCCC[Te][Te]CCCNC(C)c1ccccc1O)c1ccccc1O. The van der Waals surface area contributed by atoms with Crippen molar-refractivity contribution < 1.29 is 10.2 Å². The van der Waals surface area contributed by atoms with Crippen molar-refractivity contribution in [3.8, 4) is 11.5 Å². The van der Waals surface area contributed by atoms with Crippen LogP contribution in [0.5, 0.6) is 11.5 Å². The van der Waals surface area contributed by atoms with E-state index in [1.807, 2.05) is 36.4 Å². The number of para-hydroxylation sites is 2. The molecule has 0 spiro atoms. The van der Waals surface area contributed by atoms with Crippen molar-refractivity contribution in [1.82, 2.24) is 10.6 Å². The first-order chi connectivity index (χ1) is 13.6. The van der Waals surface area contributed by atoms with Crippen LogP contribution >= 0.6 is 0 Å². The second kappa shape index (κ2) is 13.7. The third-order valence-corrected chi connectivity index (χ3v) is 17.2. The number of phenolic OH excluding ortho intramolecular Hbond substituents is 2. The van der Waals surface area contributed by atoms with Crippen LogP contribution in [0.15, 0.2) is 48.5 Å². The summed E-state index contributed by atoms with van der Waals surface area (Å²) in [7, 11) is 0. The Balaban J connectivity index is 1.46. The minimum absolute atomic E-state index is 0.204. The van der Waals surface area contributed by atoms with Gasteiger partial charge in [-0.25, -0.2) is 0 Å². The molecule has 6 heteroatoms. The summed E-state index contributed by atoms with van der Waals surface area (Å²) in [6.07, 6.45) is 2.51. The molecule has 0 heterocycles. The van der Waals surface area contributed by atoms with Gasteiger partial charge in [-0.05, 0) is 0 Å². The molecule has 0 aliphatic rings. The van der Waals surface area contributed by atoms with Gasteiger partial charge in [0.2, 0.25) is 0 Å². The molecular weight excluding hydrogens is 579 g/mol. The van der Waals surface area contributed by atoms with Crippen LogP contribution in [0.3, 0.4) is 0 Å². The predicted octanol–water partition coefficient (Wildman–Crippen LogP) is 4.04. The normalized spacial score (nSPS) is 13.4. The predicted molar refractivity (Wildman–Crippen MR) is 119 cm³/mol. The molecule has 0 aliphatic carbocycles. The van der Waals surface area contributed by atoms with Gasteiger partial charge >= 0.3 is 187 Å². The second-order valence-corrected chi connectivity index (χ2v) is 19.5. The second-order valence-electron chi connectivity index (χ2n) is 6.82. The summed E-state index contributed by atoms with van der Waals surface area (Å²) in [4.78, 5) is 0. The Hall–Kier alpha value is -0.461. The van der Waals surface area contributed by atoms with E-state index in [0.717, 1.165) is 24.2 Å². The van der Waals surface area contributed by atoms with Crippen LogP contribution in [0.4, 0.5) is 0 Å². The molecule has 2 aromatic rings. The van der Waals surface area contributed by atoms with Crippen molar-refractivity contribution in [3.05, 3.63) is 59.7 Å². The topological polar surface area (TPSA) is 64.5 Å². The van der Waals surface area contributed by atoms with Crippen LogP contribution in [0.1, 0.15) is 49.9 Å². The van der Waals surface area contributed by atoms with Crippen molar-refractivity contribution in [2.75, 3.05) is 13.1 Å². The molecule has 0 fully saturated rings. The first kappa shape index (κ1) is 23.8. The third kappa shape index (κ3) is 8.50. The van der Waals surface area contributed by atoms with Gasteiger partial charge in [-0.3, -0.25) is 0 Å². The molecule has 0 amide bonds. The van der Waals surface area contributed by atoms with Crippen LogP contribution in [-0.2, 0) is 0 Å². The van der Waals surface area contributed by atoms with Crippen LogP contribution in [-0.4, -0.2) is 57.4 Å². The van der Waals surface area contributed by atoms with E-state index in [0.29, 0.717) is 11.5 Å². The van der Waals surface area contributed by atoms with Gasteiger partial charge in [0.1, 0.15) is 0 Å². The summed E-state index contributed by atoms with van der Waals surface area (Å²) in [5.41, 5.74) is 1.97. The molecule has 2 atom stereocenters. The fourth-order valence-electron chi connectivity index (χ4n) is 2.94. The molecule has 2 aromatic carbocycles. The van der Waals surface area contributed by atoms with Crippen molar-refractivity contribution in [2.24, 2.45) is 0 Å². The Labute approximate surface area is 185 Å². The standard InChI is InChI=1S/C22H32N2O2Te2/c1-17(19-9-3-5-11-21(19)25)23-13-7-15-27-28-16-8-14-24-18(2)20-10-4-6-12-22(20)26/h3-6,9-12,17-18,23-26H,7-8,13-16H2,1-2H3. The Kier molecular flexibility index (Phi) is 11.7. The summed E-state index contributed by atoms with van der Waals surface area (Å²) in [5, 5.41) is 26.8. The molecule has 0 saturated carbocycles. The molecule has 0 saturated heterocycles. The Morgan fingerprint density at radius 3 is 1.50 bits per heavy atom. The molecule has 0 radical (unpaired) electrons. The maximum atomic E-state index is 9.89. The van der Waals surface area contributed by atoms with Gasteiger partial charge in [0.15, 0.2) is 0 Å². The molecule has 154 valence electrons. The zero-order valence-corrected chi connectivity index (χ0v) is 21.4. The monoisotopic (exact) mass is 616 g/mol. The summed E-state index contributed by atoms with van der Waals surface area (Å²) in [6.45, 7) is 6.30. The molecule has 4 N–H and O–H groups in total. The molecule has 28 heavy (non-hydrogen) atoms. The van der Waals surface area contributed by atoms with Crippen LogP contribution in [0.2, 0.25) is 8.94 Å². The van der Waals surface area contributed by atoms with Crippen molar-refractivity contribution in [2.45, 2.75) is 47.7 Å². The van der Waals surface area contributed by atoms with E-state index in [9.17, 15) is 10.2 Å². The average Bonchev–Trinajstić information content (AvgIpc) is 2.69. The van der Waals surface area contributed by atoms with E-state index in [1.54, 1.807) is 12.1 Å². The molecule has 2 rings (SSSR count). The van der Waals surface area contributed by atoms with Crippen LogP contribution < -0.4 is 10.6 Å². The fourth-order valence-corrected chi connectivity index (χ4v) is 14.1. The summed E-state index contributed by atoms with van der Waals surface area (Å²) >= 11 is 0.486. The molecule has 0 aromatic heterocycles. The third-order valence-electron chi connectivity index (χ3n) is 4.60. The quantitative estimate of drug-likeness (QED) is 0.204. The van der Waals surface area contributed by atoms with E-state index >= 15 is 0 Å². The average molecular weight is 612 g/mol. The van der Waals surface area contributed by atoms with E-state index in [4.69, 9.17) is 0 Å². The van der Waals surface area contributed by atoms with E-state index in [2.05, 4.69) is 24.5 Å². The first-order valence-electron chi connectivity index (χ1n) is 9.86. The summed E-state index contributed by atoms with van der Waals surface area (Å²) in [5.74, 6) is 0.766. The zero-order chi connectivity index (χ0) is 20.2. The number of benzene rings is 2. The molecule has 2 unspecified atom stereocenters. The molecule has 4 nitrogen and oxygen atoms in total. The Morgan fingerprint density at radius 2 is 1.11 bits per heavy atom. The van der Waals surface area contributed by atoms with Crippen molar-refractivity contribution in [1.29, 1.82) is 0 Å². The van der Waals surface area contributed by atoms with Crippen LogP contribution in [0, 0.1) is 0 Å². The van der Waals surface area contributed by atoms with E-state index < -0.39 is 0 Å².